The van der Waals surface area contributed by atoms with Crippen LogP contribution in [0, 0.1) is 12.6 Å². The summed E-state index contributed by atoms with van der Waals surface area (Å²) in [4.78, 5) is 4.97. The highest BCUT2D eigenvalue weighted by Gasteiger charge is 2.64. The minimum absolute atomic E-state index is 0.0541. The first-order chi connectivity index (χ1) is 33.9. The van der Waals surface area contributed by atoms with E-state index < -0.39 is 6.37 Å². The zero-order valence-electron chi connectivity index (χ0n) is 41.2. The molecular formula is C63H55N4O+. The molecule has 8 aromatic carbocycles. The average Bonchev–Trinajstić information content (AvgIpc) is 3.97. The fourth-order valence-corrected chi connectivity index (χ4v) is 10.9. The second kappa shape index (κ2) is 16.1. The first-order valence-corrected chi connectivity index (χ1v) is 23.8. The lowest BCUT2D eigenvalue weighted by molar-refractivity contribution is 0.187. The molecule has 2 atom stereocenters. The number of hydrogen-bond acceptors (Lipinski definition) is 2. The number of benzene rings is 8. The number of aromatic nitrogens is 2. The van der Waals surface area contributed by atoms with Gasteiger partial charge in [-0.15, -0.1) is 0 Å². The summed E-state index contributed by atoms with van der Waals surface area (Å²) in [6, 6.07) is 70.6. The summed E-state index contributed by atoms with van der Waals surface area (Å²) in [5.74, 6) is 2.06. The van der Waals surface area contributed by atoms with E-state index in [-0.39, 0.29) is 11.3 Å². The monoisotopic (exact) mass is 885 g/mol. The van der Waals surface area contributed by atoms with Gasteiger partial charge in [0.15, 0.2) is 18.0 Å². The van der Waals surface area contributed by atoms with Gasteiger partial charge in [0.05, 0.1) is 17.7 Å². The van der Waals surface area contributed by atoms with Crippen LogP contribution < -0.4 is 13.7 Å². The molecule has 5 heterocycles. The van der Waals surface area contributed by atoms with Crippen molar-refractivity contribution in [2.45, 2.75) is 46.4 Å². The van der Waals surface area contributed by atoms with Crippen LogP contribution in [0.3, 0.4) is 0 Å². The predicted octanol–water partition coefficient (Wildman–Crippen LogP) is 16.8. The summed E-state index contributed by atoms with van der Waals surface area (Å²) in [5, 5.41) is 2.27. The van der Waals surface area contributed by atoms with Crippen molar-refractivity contribution in [3.8, 4) is 50.7 Å². The molecule has 0 radical (unpaired) electrons. The van der Waals surface area contributed by atoms with Gasteiger partial charge in [-0.3, -0.25) is 13.5 Å². The molecule has 2 aromatic heterocycles. The molecule has 13 rings (SSSR count). The molecular weight excluding hydrogens is 829 g/mol. The minimum Gasteiger partial charge on any atom is -0.457 e. The molecule has 332 valence electrons. The standard InChI is InChI=1S/C63H55N4O/c1-43(2)36-48-24-15-29-59-61(48)67(62-53(45-20-11-7-12-21-45)27-17-28-54(62)46-22-13-8-14-23-46)41-66(59,42-67)50-25-16-26-51(39-50)68-52-31-32-55-56-37-47(44-18-9-6-10-19-44)30-33-57(56)65(58(55)40-52)60-38-49(34-35-64-60)63(3,4)5/h6-35,37-41,43H,36,42H2,1-5H3/q+1/t66-,67-/m1/s1/i36D2. The lowest BCUT2D eigenvalue weighted by Gasteiger charge is -2.57. The zero-order chi connectivity index (χ0) is 48.0. The molecule has 0 spiro atoms. The molecule has 3 aliphatic heterocycles. The van der Waals surface area contributed by atoms with Gasteiger partial charge in [-0.25, -0.2) is 4.98 Å². The van der Waals surface area contributed by atoms with Gasteiger partial charge >= 0.3 is 0 Å². The van der Waals surface area contributed by atoms with Gasteiger partial charge in [0.2, 0.25) is 0 Å². The van der Waals surface area contributed by atoms with Crippen molar-refractivity contribution < 1.29 is 7.48 Å². The number of quaternary nitrogens is 2. The molecule has 0 unspecified atom stereocenters. The molecule has 1 saturated heterocycles. The Balaban J connectivity index is 0.995. The molecule has 68 heavy (non-hydrogen) atoms. The Kier molecular flexibility index (Phi) is 9.34. The van der Waals surface area contributed by atoms with Crippen molar-refractivity contribution in [1.82, 2.24) is 18.5 Å². The highest BCUT2D eigenvalue weighted by Crippen LogP contribution is 2.68. The summed E-state index contributed by atoms with van der Waals surface area (Å²) in [6.45, 7) is 13.7. The molecule has 0 saturated carbocycles. The second-order valence-corrected chi connectivity index (χ2v) is 19.8. The first-order valence-electron chi connectivity index (χ1n) is 24.8. The molecule has 2 bridgehead atoms. The summed E-state index contributed by atoms with van der Waals surface area (Å²) in [5.41, 5.74) is 15.1. The normalized spacial score (nSPS) is 18.0. The Morgan fingerprint density at radius 2 is 1.24 bits per heavy atom. The van der Waals surface area contributed by atoms with Crippen molar-refractivity contribution in [1.29, 1.82) is 0 Å². The molecule has 0 amide bonds. The van der Waals surface area contributed by atoms with Crippen LogP contribution in [-0.4, -0.2) is 16.2 Å². The summed E-state index contributed by atoms with van der Waals surface area (Å²) >= 11 is 0. The quantitative estimate of drug-likeness (QED) is 0.101. The van der Waals surface area contributed by atoms with E-state index in [1.165, 1.54) is 11.1 Å². The fourth-order valence-electron chi connectivity index (χ4n) is 10.9. The van der Waals surface area contributed by atoms with Crippen molar-refractivity contribution in [2.24, 2.45) is 5.92 Å². The summed E-state index contributed by atoms with van der Waals surface area (Å²) < 4.78 is 29.4. The lowest BCUT2D eigenvalue weighted by Crippen LogP contribution is -2.67. The van der Waals surface area contributed by atoms with Crippen molar-refractivity contribution in [3.05, 3.63) is 224 Å². The summed E-state index contributed by atoms with van der Waals surface area (Å²) in [6.07, 6.45) is 0.324. The Morgan fingerprint density at radius 3 is 1.91 bits per heavy atom. The molecule has 10 aromatic rings. The lowest BCUT2D eigenvalue weighted by atomic mass is 9.88. The number of rotatable bonds is 10. The van der Waals surface area contributed by atoms with Crippen LogP contribution in [-0.2, 0) is 11.8 Å². The van der Waals surface area contributed by atoms with Crippen LogP contribution in [0.15, 0.2) is 206 Å². The van der Waals surface area contributed by atoms with Crippen molar-refractivity contribution >= 4 is 44.6 Å². The summed E-state index contributed by atoms with van der Waals surface area (Å²) in [7, 11) is 0. The van der Waals surface area contributed by atoms with Gasteiger partial charge < -0.3 is 4.74 Å². The third-order valence-electron chi connectivity index (χ3n) is 13.9. The third kappa shape index (κ3) is 6.79. The number of pyridine rings is 1. The van der Waals surface area contributed by atoms with Crippen LogP contribution >= 0.6 is 0 Å². The molecule has 5 nitrogen and oxygen atoms in total. The minimum atomic E-state index is -1.60. The molecule has 5 heteroatoms. The van der Waals surface area contributed by atoms with Crippen LogP contribution in [0.4, 0.5) is 22.7 Å². The maximum absolute atomic E-state index is 9.67. The van der Waals surface area contributed by atoms with Gasteiger partial charge in [0, 0.05) is 54.6 Å². The number of para-hydroxylation sites is 2. The Morgan fingerprint density at radius 1 is 0.588 bits per heavy atom. The highest BCUT2D eigenvalue weighted by molar-refractivity contribution is 6.11. The molecule has 1 fully saturated rings. The van der Waals surface area contributed by atoms with E-state index in [2.05, 4.69) is 214 Å². The van der Waals surface area contributed by atoms with Gasteiger partial charge in [-0.1, -0.05) is 156 Å². The topological polar surface area (TPSA) is 27.1 Å². The van der Waals surface area contributed by atoms with E-state index in [0.717, 1.165) is 95.3 Å². The van der Waals surface area contributed by atoms with Crippen molar-refractivity contribution in [3.63, 3.8) is 0 Å². The van der Waals surface area contributed by atoms with E-state index in [0.29, 0.717) is 15.6 Å². The average molecular weight is 886 g/mol. The number of hydrogen-bond donors (Lipinski definition) is 0. The molecule has 0 aliphatic carbocycles. The zero-order valence-corrected chi connectivity index (χ0v) is 39.2. The van der Waals surface area contributed by atoms with E-state index in [1.807, 2.05) is 38.2 Å². The van der Waals surface area contributed by atoms with Gasteiger partial charge in [0.1, 0.15) is 28.7 Å². The SMILES string of the molecule is [2H]C([2H])(c1cccc2c1[N@@+]1(c3c(-c4ccccc4)cccc3-c3ccccc3)[CH-][N@+]2(c2cccc(Oc3ccc4c5cc(-c6ccccc6)ccc5n(-c5cc(C(C)(C)C)ccn5)c4c3)c2)C1)C(C)C. The number of ether oxygens (including phenoxy) is 1. The van der Waals surface area contributed by atoms with E-state index in [1.54, 1.807) is 0 Å². The van der Waals surface area contributed by atoms with E-state index in [9.17, 15) is 2.74 Å². The van der Waals surface area contributed by atoms with Crippen molar-refractivity contribution in [2.75, 3.05) is 6.67 Å². The Labute approximate surface area is 402 Å². The fraction of sp³-hybridized carbons (Fsp3) is 0.143. The van der Waals surface area contributed by atoms with Crippen LogP contribution in [0.25, 0.3) is 61.0 Å². The van der Waals surface area contributed by atoms with E-state index >= 15 is 0 Å². The van der Waals surface area contributed by atoms with Gasteiger partial charge in [-0.05, 0) is 106 Å². The van der Waals surface area contributed by atoms with Crippen LogP contribution in [0.1, 0.15) is 48.5 Å². The number of fused-ring (bicyclic) bond motifs is 3. The van der Waals surface area contributed by atoms with Crippen LogP contribution in [0.2, 0.25) is 0 Å². The number of nitrogens with zero attached hydrogens (tertiary/aromatic N) is 4. The van der Waals surface area contributed by atoms with Crippen LogP contribution in [0.5, 0.6) is 11.5 Å². The predicted molar refractivity (Wildman–Crippen MR) is 284 cm³/mol. The maximum Gasteiger partial charge on any atom is 0.186 e. The first kappa shape index (κ1) is 39.6. The van der Waals surface area contributed by atoms with E-state index in [4.69, 9.17) is 9.72 Å². The molecule has 0 N–H and O–H groups in total. The smallest absolute Gasteiger partial charge is 0.186 e. The highest BCUT2D eigenvalue weighted by atomic mass is 16.5. The maximum atomic E-state index is 9.67. The Hall–Kier alpha value is -7.57. The largest absolute Gasteiger partial charge is 0.457 e. The Bertz CT molecular complexity index is 3570. The molecule has 3 aliphatic rings. The third-order valence-corrected chi connectivity index (χ3v) is 13.9. The van der Waals surface area contributed by atoms with Gasteiger partial charge in [-0.2, -0.15) is 0 Å². The second-order valence-electron chi connectivity index (χ2n) is 19.8. The van der Waals surface area contributed by atoms with Gasteiger partial charge in [0.25, 0.3) is 0 Å².